The molecule has 1 heterocycles. The third-order valence-electron chi connectivity index (χ3n) is 10.8. The molecule has 2 aromatic carbocycles. The van der Waals surface area contributed by atoms with E-state index < -0.39 is 17.1 Å². The van der Waals surface area contributed by atoms with Gasteiger partial charge in [-0.05, 0) is 106 Å². The number of benzene rings is 2. The van der Waals surface area contributed by atoms with Gasteiger partial charge in [0.15, 0.2) is 5.76 Å². The number of nitrogens with zero attached hydrogens (tertiary/aromatic N) is 1. The van der Waals surface area contributed by atoms with E-state index in [0.717, 1.165) is 29.5 Å². The van der Waals surface area contributed by atoms with Crippen LogP contribution >= 0.6 is 0 Å². The molecule has 258 valence electrons. The second kappa shape index (κ2) is 15.7. The monoisotopic (exact) mass is 656 g/mol. The minimum absolute atomic E-state index is 0.154. The minimum Gasteiger partial charge on any atom is -0.461 e. The second-order valence-corrected chi connectivity index (χ2v) is 14.1. The van der Waals surface area contributed by atoms with Crippen LogP contribution < -0.4 is 5.32 Å². The Hall–Kier alpha value is -3.72. The number of allylic oxidation sites excluding steroid dienone is 2. The van der Waals surface area contributed by atoms with Gasteiger partial charge in [0.2, 0.25) is 5.78 Å². The van der Waals surface area contributed by atoms with Crippen LogP contribution in [0.5, 0.6) is 0 Å². The summed E-state index contributed by atoms with van der Waals surface area (Å²) in [5, 5.41) is 26.9. The van der Waals surface area contributed by atoms with E-state index in [-0.39, 0.29) is 36.1 Å². The average Bonchev–Trinajstić information content (AvgIpc) is 3.70. The summed E-state index contributed by atoms with van der Waals surface area (Å²) in [4.78, 5) is 29.6. The molecule has 0 spiro atoms. The largest absolute Gasteiger partial charge is 0.461 e. The maximum atomic E-state index is 14.0. The number of hydrogen-bond donors (Lipinski definition) is 3. The van der Waals surface area contributed by atoms with Gasteiger partial charge in [0.1, 0.15) is 0 Å². The number of aliphatic hydroxyl groups excluding tert-OH is 1. The van der Waals surface area contributed by atoms with E-state index in [2.05, 4.69) is 25.2 Å². The van der Waals surface area contributed by atoms with E-state index in [1.807, 2.05) is 55.5 Å². The first kappa shape index (κ1) is 35.6. The lowest BCUT2D eigenvalue weighted by Gasteiger charge is -2.46. The Balaban J connectivity index is 1.52. The van der Waals surface area contributed by atoms with Gasteiger partial charge in [-0.3, -0.25) is 4.79 Å². The van der Waals surface area contributed by atoms with Gasteiger partial charge in [0, 0.05) is 31.2 Å². The van der Waals surface area contributed by atoms with Gasteiger partial charge >= 0.3 is 6.03 Å². The molecule has 8 heteroatoms. The SMILES string of the molecule is COCCCN(CC1(O)CCC2c3ccc(cc3C(=O)c3ccco3)CC(O)CCC(C)=CCCC21C)C(=O)NC(C)c1ccccc1. The maximum Gasteiger partial charge on any atom is 0.317 e. The standard InChI is InChI=1S/C40H52N2O6/c1-28-11-8-20-39(3)35(33-18-16-30(25-32(43)17-15-28)26-34(33)37(44)36-14-9-24-48-36)19-21-40(39,46)27-42(22-10-23-47-4)38(45)41-29(2)31-12-6-5-7-13-31/h5-7,9,11-14,16,18,24,26,29,32,35,43,46H,8,10,15,17,19-23,25,27H2,1-4H3,(H,41,45). The number of ether oxygens (including phenoxy) is 1. The van der Waals surface area contributed by atoms with Crippen LogP contribution in [0.3, 0.4) is 0 Å². The molecule has 1 aromatic heterocycles. The number of carbonyl (C=O) groups is 2. The van der Waals surface area contributed by atoms with Crippen molar-refractivity contribution in [1.82, 2.24) is 10.2 Å². The average molecular weight is 657 g/mol. The lowest BCUT2D eigenvalue weighted by molar-refractivity contribution is -0.0775. The molecular weight excluding hydrogens is 604 g/mol. The molecule has 1 saturated carbocycles. The lowest BCUT2D eigenvalue weighted by atomic mass is 9.64. The number of nitrogens with one attached hydrogen (secondary N) is 1. The summed E-state index contributed by atoms with van der Waals surface area (Å²) in [6.45, 7) is 7.29. The molecule has 8 nitrogen and oxygen atoms in total. The first-order valence-corrected chi connectivity index (χ1v) is 17.4. The van der Waals surface area contributed by atoms with Crippen LogP contribution in [0.4, 0.5) is 4.79 Å². The molecular formula is C40H52N2O6. The Morgan fingerprint density at radius 2 is 1.90 bits per heavy atom. The molecule has 0 aliphatic heterocycles. The summed E-state index contributed by atoms with van der Waals surface area (Å²) >= 11 is 0. The molecule has 0 saturated heterocycles. The zero-order valence-electron chi connectivity index (χ0n) is 28.9. The molecule has 0 radical (unpaired) electrons. The van der Waals surface area contributed by atoms with Gasteiger partial charge in [-0.1, -0.05) is 61.0 Å². The molecule has 1 fully saturated rings. The number of ketones is 1. The van der Waals surface area contributed by atoms with E-state index in [1.165, 1.54) is 11.8 Å². The number of urea groups is 1. The van der Waals surface area contributed by atoms with Gasteiger partial charge in [0.25, 0.3) is 0 Å². The lowest BCUT2D eigenvalue weighted by Crippen LogP contribution is -2.55. The summed E-state index contributed by atoms with van der Waals surface area (Å²) in [5.41, 5.74) is 2.64. The first-order valence-electron chi connectivity index (χ1n) is 17.4. The molecule has 2 bridgehead atoms. The highest BCUT2D eigenvalue weighted by atomic mass is 16.5. The zero-order chi connectivity index (χ0) is 34.3. The third-order valence-corrected chi connectivity index (χ3v) is 10.8. The number of methoxy groups -OCH3 is 1. The normalized spacial score (nSPS) is 25.1. The van der Waals surface area contributed by atoms with Crippen LogP contribution in [-0.2, 0) is 11.2 Å². The van der Waals surface area contributed by atoms with Gasteiger partial charge in [-0.25, -0.2) is 4.79 Å². The Morgan fingerprint density at radius 1 is 1.10 bits per heavy atom. The van der Waals surface area contributed by atoms with Crippen molar-refractivity contribution in [2.75, 3.05) is 26.8 Å². The fourth-order valence-electron chi connectivity index (χ4n) is 7.81. The fourth-order valence-corrected chi connectivity index (χ4v) is 7.81. The minimum atomic E-state index is -1.23. The molecule has 5 unspecified atom stereocenters. The predicted octanol–water partition coefficient (Wildman–Crippen LogP) is 7.36. The molecule has 48 heavy (non-hydrogen) atoms. The molecule has 5 atom stereocenters. The van der Waals surface area contributed by atoms with Crippen LogP contribution in [0.2, 0.25) is 0 Å². The van der Waals surface area contributed by atoms with Gasteiger partial charge in [0.05, 0.1) is 30.6 Å². The van der Waals surface area contributed by atoms with Crippen molar-refractivity contribution in [3.63, 3.8) is 0 Å². The highest BCUT2D eigenvalue weighted by molar-refractivity contribution is 6.08. The smallest absolute Gasteiger partial charge is 0.317 e. The molecule has 3 aliphatic carbocycles. The van der Waals surface area contributed by atoms with E-state index in [1.54, 1.807) is 24.1 Å². The second-order valence-electron chi connectivity index (χ2n) is 14.1. The molecule has 6 rings (SSSR count). The van der Waals surface area contributed by atoms with Crippen molar-refractivity contribution in [2.24, 2.45) is 5.41 Å². The number of furan rings is 1. The summed E-state index contributed by atoms with van der Waals surface area (Å²) in [6.07, 6.45) is 8.23. The third kappa shape index (κ3) is 7.94. The van der Waals surface area contributed by atoms with Crippen molar-refractivity contribution < 1.29 is 29.0 Å². The van der Waals surface area contributed by atoms with Crippen molar-refractivity contribution in [3.8, 4) is 0 Å². The summed E-state index contributed by atoms with van der Waals surface area (Å²) in [7, 11) is 1.65. The van der Waals surface area contributed by atoms with Gasteiger partial charge < -0.3 is 29.6 Å². The summed E-state index contributed by atoms with van der Waals surface area (Å²) in [5.74, 6) is -0.0984. The summed E-state index contributed by atoms with van der Waals surface area (Å²) in [6, 6.07) is 18.8. The predicted molar refractivity (Wildman–Crippen MR) is 187 cm³/mol. The number of carbonyl (C=O) groups excluding carboxylic acids is 2. The van der Waals surface area contributed by atoms with Gasteiger partial charge in [-0.15, -0.1) is 0 Å². The first-order chi connectivity index (χ1) is 23.0. The van der Waals surface area contributed by atoms with Crippen LogP contribution in [0.25, 0.3) is 0 Å². The highest BCUT2D eigenvalue weighted by Gasteiger charge is 2.57. The molecule has 2 amide bonds. The number of fused-ring (bicyclic) bond motifs is 8. The van der Waals surface area contributed by atoms with Crippen LogP contribution in [0.15, 0.2) is 83.0 Å². The van der Waals surface area contributed by atoms with Crippen LogP contribution in [-0.4, -0.2) is 65.4 Å². The molecule has 3 N–H and O–H groups in total. The van der Waals surface area contributed by atoms with E-state index in [0.29, 0.717) is 57.2 Å². The van der Waals surface area contributed by atoms with Crippen molar-refractivity contribution in [2.45, 2.75) is 95.8 Å². The summed E-state index contributed by atoms with van der Waals surface area (Å²) < 4.78 is 10.9. The van der Waals surface area contributed by atoms with Gasteiger partial charge in [-0.2, -0.15) is 0 Å². The Morgan fingerprint density at radius 3 is 2.62 bits per heavy atom. The Labute approximate surface area is 285 Å². The van der Waals surface area contributed by atoms with E-state index in [9.17, 15) is 19.8 Å². The molecule has 3 aromatic rings. The highest BCUT2D eigenvalue weighted by Crippen LogP contribution is 2.59. The quantitative estimate of drug-likeness (QED) is 0.119. The zero-order valence-corrected chi connectivity index (χ0v) is 28.9. The van der Waals surface area contributed by atoms with E-state index in [4.69, 9.17) is 9.15 Å². The number of aliphatic hydroxyl groups is 2. The topological polar surface area (TPSA) is 112 Å². The van der Waals surface area contributed by atoms with Crippen LogP contribution in [0, 0.1) is 5.41 Å². The number of hydrogen-bond acceptors (Lipinski definition) is 6. The fraction of sp³-hybridized carbons (Fsp3) is 0.500. The Bertz CT molecular complexity index is 1550. The van der Waals surface area contributed by atoms with Crippen LogP contribution in [0.1, 0.15) is 110 Å². The Kier molecular flexibility index (Phi) is 11.6. The van der Waals surface area contributed by atoms with Crippen molar-refractivity contribution in [3.05, 3.63) is 107 Å². The van der Waals surface area contributed by atoms with Crippen molar-refractivity contribution >= 4 is 11.8 Å². The van der Waals surface area contributed by atoms with E-state index >= 15 is 0 Å². The number of amides is 2. The molecule has 3 aliphatic rings. The number of rotatable bonds is 10. The van der Waals surface area contributed by atoms with Crippen molar-refractivity contribution in [1.29, 1.82) is 0 Å². The maximum absolute atomic E-state index is 14.0.